The molecule has 0 saturated carbocycles. The molecule has 0 radical (unpaired) electrons. The zero-order chi connectivity index (χ0) is 14.1. The fourth-order valence-electron chi connectivity index (χ4n) is 1.86. The zero-order valence-electron chi connectivity index (χ0n) is 11.8. The number of carbonyl (C=O) groups excluding carboxylic acids is 1. The second-order valence-electron chi connectivity index (χ2n) is 4.44. The Morgan fingerprint density at radius 3 is 2.74 bits per heavy atom. The number of rotatable bonds is 7. The van der Waals surface area contributed by atoms with Gasteiger partial charge >= 0.3 is 6.03 Å². The number of carbonyl (C=O) groups is 1. The second-order valence-corrected chi connectivity index (χ2v) is 4.44. The Morgan fingerprint density at radius 1 is 1.32 bits per heavy atom. The summed E-state index contributed by atoms with van der Waals surface area (Å²) in [4.78, 5) is 14.0. The predicted octanol–water partition coefficient (Wildman–Crippen LogP) is 2.12. The summed E-state index contributed by atoms with van der Waals surface area (Å²) in [6.07, 6.45) is 1.13. The van der Waals surface area contributed by atoms with Crippen LogP contribution in [0.25, 0.3) is 0 Å². The van der Waals surface area contributed by atoms with Crippen molar-refractivity contribution in [2.24, 2.45) is 0 Å². The normalized spacial score (nSPS) is 10.5. The van der Waals surface area contributed by atoms with Gasteiger partial charge < -0.3 is 21.3 Å². The number of nitrogen functional groups attached to an aromatic ring is 1. The minimum absolute atomic E-state index is 0.196. The molecule has 0 bridgehead atoms. The van der Waals surface area contributed by atoms with E-state index in [0.717, 1.165) is 26.1 Å². The molecule has 0 saturated heterocycles. The first-order chi connectivity index (χ1) is 9.15. The van der Waals surface area contributed by atoms with E-state index in [2.05, 4.69) is 29.4 Å². The molecule has 1 aromatic carbocycles. The first-order valence-electron chi connectivity index (χ1n) is 6.78. The van der Waals surface area contributed by atoms with Crippen LogP contribution < -0.4 is 16.4 Å². The Hall–Kier alpha value is -1.75. The Kier molecular flexibility index (Phi) is 6.74. The molecule has 5 nitrogen and oxygen atoms in total. The van der Waals surface area contributed by atoms with Crippen molar-refractivity contribution in [2.45, 2.75) is 20.3 Å². The third kappa shape index (κ3) is 6.10. The molecule has 0 atom stereocenters. The van der Waals surface area contributed by atoms with Gasteiger partial charge in [-0.25, -0.2) is 4.79 Å². The molecule has 0 aliphatic carbocycles. The van der Waals surface area contributed by atoms with Gasteiger partial charge in [-0.15, -0.1) is 0 Å². The van der Waals surface area contributed by atoms with E-state index in [1.165, 1.54) is 0 Å². The third-order valence-corrected chi connectivity index (χ3v) is 2.85. The molecule has 0 heterocycles. The maximum atomic E-state index is 11.7. The van der Waals surface area contributed by atoms with Gasteiger partial charge in [-0.05, 0) is 37.7 Å². The maximum Gasteiger partial charge on any atom is 0.319 e. The number of likely N-dealkylation sites (N-methyl/N-ethyl adjacent to an activating group) is 1. The Morgan fingerprint density at radius 2 is 2.11 bits per heavy atom. The molecule has 4 N–H and O–H groups in total. The molecule has 0 aliphatic rings. The molecule has 2 amide bonds. The average molecular weight is 264 g/mol. The summed E-state index contributed by atoms with van der Waals surface area (Å²) in [5, 5.41) is 5.60. The molecule has 106 valence electrons. The van der Waals surface area contributed by atoms with Crippen LogP contribution in [0.2, 0.25) is 0 Å². The van der Waals surface area contributed by atoms with Gasteiger partial charge in [-0.2, -0.15) is 0 Å². The topological polar surface area (TPSA) is 70.4 Å². The van der Waals surface area contributed by atoms with E-state index in [1.54, 1.807) is 12.1 Å². The Bertz CT molecular complexity index is 395. The number of anilines is 2. The number of amides is 2. The lowest BCUT2D eigenvalue weighted by Gasteiger charge is -2.19. The van der Waals surface area contributed by atoms with E-state index in [-0.39, 0.29) is 6.03 Å². The summed E-state index contributed by atoms with van der Waals surface area (Å²) in [6.45, 7) is 7.86. The maximum absolute atomic E-state index is 11.7. The van der Waals surface area contributed by atoms with Crippen molar-refractivity contribution in [3.63, 3.8) is 0 Å². The molecule has 0 aromatic heterocycles. The summed E-state index contributed by atoms with van der Waals surface area (Å²) in [7, 11) is 0. The van der Waals surface area contributed by atoms with Crippen LogP contribution in [0.3, 0.4) is 0 Å². The van der Waals surface area contributed by atoms with E-state index < -0.39 is 0 Å². The number of urea groups is 1. The minimum atomic E-state index is -0.196. The van der Waals surface area contributed by atoms with Crippen molar-refractivity contribution in [3.8, 4) is 0 Å². The van der Waals surface area contributed by atoms with Crippen LogP contribution in [0.4, 0.5) is 16.2 Å². The van der Waals surface area contributed by atoms with Gasteiger partial charge in [0.2, 0.25) is 0 Å². The van der Waals surface area contributed by atoms with Crippen LogP contribution in [0, 0.1) is 0 Å². The van der Waals surface area contributed by atoms with E-state index in [9.17, 15) is 4.79 Å². The number of nitrogens with two attached hydrogens (primary N) is 1. The van der Waals surface area contributed by atoms with Crippen molar-refractivity contribution >= 4 is 17.4 Å². The standard InChI is InChI=1S/C14H24N4O/c1-3-9-18(4-2)10-8-16-14(19)17-13-7-5-6-12(15)11-13/h5-7,11H,3-4,8-10,15H2,1-2H3,(H2,16,17,19). The molecule has 5 heteroatoms. The van der Waals surface area contributed by atoms with E-state index in [4.69, 9.17) is 5.73 Å². The van der Waals surface area contributed by atoms with Gasteiger partial charge in [0.05, 0.1) is 0 Å². The van der Waals surface area contributed by atoms with Gasteiger partial charge in [0.1, 0.15) is 0 Å². The van der Waals surface area contributed by atoms with Gasteiger partial charge in [0.15, 0.2) is 0 Å². The first kappa shape index (κ1) is 15.3. The Balaban J connectivity index is 2.28. The summed E-state index contributed by atoms with van der Waals surface area (Å²) in [6, 6.07) is 6.94. The summed E-state index contributed by atoms with van der Waals surface area (Å²) < 4.78 is 0. The molecule has 1 aromatic rings. The Labute approximate surface area is 115 Å². The molecule has 0 spiro atoms. The number of hydrogen-bond acceptors (Lipinski definition) is 3. The lowest BCUT2D eigenvalue weighted by molar-refractivity contribution is 0.246. The van der Waals surface area contributed by atoms with Gasteiger partial charge in [0.25, 0.3) is 0 Å². The minimum Gasteiger partial charge on any atom is -0.399 e. The zero-order valence-corrected chi connectivity index (χ0v) is 11.8. The summed E-state index contributed by atoms with van der Waals surface area (Å²) in [5.74, 6) is 0. The highest BCUT2D eigenvalue weighted by Crippen LogP contribution is 2.11. The molecule has 0 fully saturated rings. The molecule has 0 unspecified atom stereocenters. The molecular weight excluding hydrogens is 240 g/mol. The molecule has 0 aliphatic heterocycles. The lowest BCUT2D eigenvalue weighted by atomic mass is 10.3. The van der Waals surface area contributed by atoms with Gasteiger partial charge in [-0.1, -0.05) is 19.9 Å². The largest absolute Gasteiger partial charge is 0.399 e. The predicted molar refractivity (Wildman–Crippen MR) is 80.3 cm³/mol. The fourth-order valence-corrected chi connectivity index (χ4v) is 1.86. The third-order valence-electron chi connectivity index (χ3n) is 2.85. The van der Waals surface area contributed by atoms with E-state index in [0.29, 0.717) is 17.9 Å². The number of hydrogen-bond donors (Lipinski definition) is 3. The van der Waals surface area contributed by atoms with Crippen LogP contribution in [-0.2, 0) is 0 Å². The van der Waals surface area contributed by atoms with Crippen LogP contribution in [0.15, 0.2) is 24.3 Å². The highest BCUT2D eigenvalue weighted by molar-refractivity contribution is 5.89. The van der Waals surface area contributed by atoms with Crippen LogP contribution in [-0.4, -0.2) is 37.1 Å². The van der Waals surface area contributed by atoms with Crippen LogP contribution in [0.1, 0.15) is 20.3 Å². The quantitative estimate of drug-likeness (QED) is 0.661. The van der Waals surface area contributed by atoms with Crippen molar-refractivity contribution in [1.82, 2.24) is 10.2 Å². The van der Waals surface area contributed by atoms with Crippen molar-refractivity contribution < 1.29 is 4.79 Å². The molecule has 19 heavy (non-hydrogen) atoms. The van der Waals surface area contributed by atoms with Crippen LogP contribution in [0.5, 0.6) is 0 Å². The number of benzene rings is 1. The van der Waals surface area contributed by atoms with E-state index >= 15 is 0 Å². The summed E-state index contributed by atoms with van der Waals surface area (Å²) in [5.41, 5.74) is 6.99. The van der Waals surface area contributed by atoms with Crippen molar-refractivity contribution in [2.75, 3.05) is 37.2 Å². The fraction of sp³-hybridized carbons (Fsp3) is 0.500. The average Bonchev–Trinajstić information content (AvgIpc) is 2.37. The van der Waals surface area contributed by atoms with Crippen molar-refractivity contribution in [1.29, 1.82) is 0 Å². The lowest BCUT2D eigenvalue weighted by Crippen LogP contribution is -2.37. The highest BCUT2D eigenvalue weighted by Gasteiger charge is 2.03. The molecule has 1 rings (SSSR count). The van der Waals surface area contributed by atoms with E-state index in [1.807, 2.05) is 12.1 Å². The number of nitrogens with one attached hydrogen (secondary N) is 2. The summed E-state index contributed by atoms with van der Waals surface area (Å²) >= 11 is 0. The second kappa shape index (κ2) is 8.37. The smallest absolute Gasteiger partial charge is 0.319 e. The first-order valence-corrected chi connectivity index (χ1v) is 6.78. The molecular formula is C14H24N4O. The van der Waals surface area contributed by atoms with Gasteiger partial charge in [0, 0.05) is 24.5 Å². The van der Waals surface area contributed by atoms with Gasteiger partial charge in [-0.3, -0.25) is 0 Å². The van der Waals surface area contributed by atoms with Crippen LogP contribution >= 0.6 is 0 Å². The SMILES string of the molecule is CCCN(CC)CCNC(=O)Nc1cccc(N)c1. The highest BCUT2D eigenvalue weighted by atomic mass is 16.2. The number of nitrogens with zero attached hydrogens (tertiary/aromatic N) is 1. The monoisotopic (exact) mass is 264 g/mol. The van der Waals surface area contributed by atoms with Crippen molar-refractivity contribution in [3.05, 3.63) is 24.3 Å².